The fraction of sp³-hybridized carbons (Fsp3) is 0.143. The van der Waals surface area contributed by atoms with Gasteiger partial charge in [-0.25, -0.2) is 4.63 Å². The predicted molar refractivity (Wildman–Crippen MR) is 77.1 cm³/mol. The third-order valence-electron chi connectivity index (χ3n) is 3.16. The van der Waals surface area contributed by atoms with Crippen LogP contribution in [0.4, 0.5) is 11.4 Å². The topological polar surface area (TPSA) is 94.1 Å². The summed E-state index contributed by atoms with van der Waals surface area (Å²) in [5, 5.41) is 21.5. The molecule has 106 valence electrons. The molecule has 0 spiro atoms. The van der Waals surface area contributed by atoms with E-state index in [9.17, 15) is 10.1 Å². The third-order valence-corrected chi connectivity index (χ3v) is 3.16. The van der Waals surface area contributed by atoms with Gasteiger partial charge in [-0.05, 0) is 34.4 Å². The Bertz CT molecular complexity index is 770. The van der Waals surface area contributed by atoms with Crippen LogP contribution < -0.4 is 5.32 Å². The first-order chi connectivity index (χ1) is 10.3. The van der Waals surface area contributed by atoms with E-state index in [0.717, 1.165) is 12.0 Å². The Morgan fingerprint density at radius 3 is 2.71 bits per heavy atom. The zero-order chi connectivity index (χ0) is 14.7. The lowest BCUT2D eigenvalue weighted by molar-refractivity contribution is -0.382. The van der Waals surface area contributed by atoms with Gasteiger partial charge in [0.1, 0.15) is 11.2 Å². The number of nitro benzene ring substituents is 1. The summed E-state index contributed by atoms with van der Waals surface area (Å²) in [6.45, 7) is 0.585. The molecule has 0 amide bonds. The Hall–Kier alpha value is -2.96. The van der Waals surface area contributed by atoms with E-state index in [1.165, 1.54) is 0 Å². The molecule has 0 aliphatic rings. The van der Waals surface area contributed by atoms with Crippen molar-refractivity contribution in [1.29, 1.82) is 0 Å². The Kier molecular flexibility index (Phi) is 3.46. The fourth-order valence-electron chi connectivity index (χ4n) is 2.15. The second-order valence-electron chi connectivity index (χ2n) is 4.51. The van der Waals surface area contributed by atoms with Crippen LogP contribution in [0.5, 0.6) is 0 Å². The average molecular weight is 284 g/mol. The van der Waals surface area contributed by atoms with Crippen LogP contribution in [-0.2, 0) is 6.42 Å². The molecule has 0 aliphatic heterocycles. The van der Waals surface area contributed by atoms with E-state index in [-0.39, 0.29) is 11.2 Å². The molecule has 0 saturated heterocycles. The van der Waals surface area contributed by atoms with Crippen LogP contribution in [0.3, 0.4) is 0 Å². The number of aromatic nitrogens is 2. The van der Waals surface area contributed by atoms with E-state index in [2.05, 4.69) is 20.3 Å². The van der Waals surface area contributed by atoms with Crippen molar-refractivity contribution < 1.29 is 9.55 Å². The van der Waals surface area contributed by atoms with E-state index >= 15 is 0 Å². The normalized spacial score (nSPS) is 10.7. The van der Waals surface area contributed by atoms with E-state index in [1.54, 1.807) is 12.1 Å². The molecule has 0 saturated carbocycles. The average Bonchev–Trinajstić information content (AvgIpc) is 2.96. The summed E-state index contributed by atoms with van der Waals surface area (Å²) < 4.78 is 4.55. The minimum Gasteiger partial charge on any atom is -0.379 e. The van der Waals surface area contributed by atoms with Crippen molar-refractivity contribution in [3.05, 3.63) is 58.1 Å². The molecule has 0 bridgehead atoms. The highest BCUT2D eigenvalue weighted by Gasteiger charge is 2.22. The first kappa shape index (κ1) is 13.0. The molecule has 0 aliphatic carbocycles. The van der Waals surface area contributed by atoms with Gasteiger partial charge in [-0.15, -0.1) is 0 Å². The summed E-state index contributed by atoms with van der Waals surface area (Å²) in [6.07, 6.45) is 0.771. The van der Waals surface area contributed by atoms with Crippen LogP contribution >= 0.6 is 0 Å². The summed E-state index contributed by atoms with van der Waals surface area (Å²) in [5.41, 5.74) is 2.00. The number of hydrogen-bond donors (Lipinski definition) is 1. The van der Waals surface area contributed by atoms with Crippen molar-refractivity contribution in [3.63, 3.8) is 0 Å². The summed E-state index contributed by atoms with van der Waals surface area (Å²) >= 11 is 0. The molecule has 2 aromatic carbocycles. The number of nitrogens with one attached hydrogen (secondary N) is 1. The van der Waals surface area contributed by atoms with Gasteiger partial charge in [0, 0.05) is 6.54 Å². The Balaban J connectivity index is 1.80. The van der Waals surface area contributed by atoms with Crippen LogP contribution in [0.1, 0.15) is 5.56 Å². The molecule has 3 aromatic rings. The number of nitrogens with zero attached hydrogens (tertiary/aromatic N) is 3. The van der Waals surface area contributed by atoms with Crippen LogP contribution in [0.15, 0.2) is 47.1 Å². The van der Waals surface area contributed by atoms with Crippen molar-refractivity contribution in [3.8, 4) is 0 Å². The molecule has 0 radical (unpaired) electrons. The van der Waals surface area contributed by atoms with Crippen molar-refractivity contribution in [1.82, 2.24) is 10.3 Å². The van der Waals surface area contributed by atoms with E-state index < -0.39 is 4.92 Å². The number of anilines is 1. The van der Waals surface area contributed by atoms with E-state index in [4.69, 9.17) is 0 Å². The smallest absolute Gasteiger partial charge is 0.323 e. The number of nitro groups is 1. The van der Waals surface area contributed by atoms with Gasteiger partial charge in [-0.2, -0.15) is 0 Å². The van der Waals surface area contributed by atoms with Crippen molar-refractivity contribution in [2.75, 3.05) is 11.9 Å². The monoisotopic (exact) mass is 284 g/mol. The number of fused-ring (bicyclic) bond motifs is 1. The van der Waals surface area contributed by atoms with Crippen molar-refractivity contribution in [2.24, 2.45) is 0 Å². The summed E-state index contributed by atoms with van der Waals surface area (Å²) in [6, 6.07) is 13.2. The van der Waals surface area contributed by atoms with Gasteiger partial charge in [0.15, 0.2) is 0 Å². The molecule has 0 unspecified atom stereocenters. The Morgan fingerprint density at radius 1 is 1.14 bits per heavy atom. The Labute approximate surface area is 119 Å². The van der Waals surface area contributed by atoms with Gasteiger partial charge in [-0.3, -0.25) is 10.1 Å². The van der Waals surface area contributed by atoms with Crippen LogP contribution in [-0.4, -0.2) is 21.8 Å². The molecule has 7 nitrogen and oxygen atoms in total. The van der Waals surface area contributed by atoms with Gasteiger partial charge in [0.25, 0.3) is 0 Å². The minimum absolute atomic E-state index is 0.109. The number of hydrogen-bond acceptors (Lipinski definition) is 6. The Morgan fingerprint density at radius 2 is 1.95 bits per heavy atom. The standard InChI is InChI=1S/C14H12N4O3/c19-18(20)14-12(7-6-11-13(14)17-21-16-11)15-9-8-10-4-2-1-3-5-10/h1-7,15H,8-9H2. The lowest BCUT2D eigenvalue weighted by Crippen LogP contribution is -2.07. The second kappa shape index (κ2) is 5.58. The zero-order valence-corrected chi connectivity index (χ0v) is 11.0. The van der Waals surface area contributed by atoms with Crippen LogP contribution in [0.25, 0.3) is 11.0 Å². The van der Waals surface area contributed by atoms with E-state index in [1.807, 2.05) is 30.3 Å². The molecule has 7 heteroatoms. The molecule has 1 N–H and O–H groups in total. The molecule has 0 fully saturated rings. The molecular formula is C14H12N4O3. The summed E-state index contributed by atoms with van der Waals surface area (Å²) in [4.78, 5) is 10.7. The molecule has 1 heterocycles. The van der Waals surface area contributed by atoms with Gasteiger partial charge in [0.05, 0.1) is 4.92 Å². The minimum atomic E-state index is -0.475. The lowest BCUT2D eigenvalue weighted by atomic mass is 10.1. The van der Waals surface area contributed by atoms with Crippen molar-refractivity contribution in [2.45, 2.75) is 6.42 Å². The van der Waals surface area contributed by atoms with Gasteiger partial charge in [-0.1, -0.05) is 30.3 Å². The van der Waals surface area contributed by atoms with Crippen LogP contribution in [0, 0.1) is 10.1 Å². The maximum Gasteiger partial charge on any atom is 0.323 e. The number of benzene rings is 2. The first-order valence-corrected chi connectivity index (χ1v) is 6.43. The SMILES string of the molecule is O=[N+]([O-])c1c(NCCc2ccccc2)ccc2nonc12. The molecule has 0 atom stereocenters. The van der Waals surface area contributed by atoms with Gasteiger partial charge in [0.2, 0.25) is 5.52 Å². The van der Waals surface area contributed by atoms with Gasteiger partial charge >= 0.3 is 5.69 Å². The zero-order valence-electron chi connectivity index (χ0n) is 11.0. The highest BCUT2D eigenvalue weighted by molar-refractivity contribution is 5.90. The maximum atomic E-state index is 11.2. The highest BCUT2D eigenvalue weighted by atomic mass is 16.6. The largest absolute Gasteiger partial charge is 0.379 e. The molecular weight excluding hydrogens is 272 g/mol. The lowest BCUT2D eigenvalue weighted by Gasteiger charge is -2.07. The third kappa shape index (κ3) is 2.66. The van der Waals surface area contributed by atoms with Crippen LogP contribution in [0.2, 0.25) is 0 Å². The molecule has 3 rings (SSSR count). The summed E-state index contributed by atoms with van der Waals surface area (Å²) in [7, 11) is 0. The summed E-state index contributed by atoms with van der Waals surface area (Å²) in [5.74, 6) is 0. The first-order valence-electron chi connectivity index (χ1n) is 6.43. The molecule has 21 heavy (non-hydrogen) atoms. The molecule has 1 aromatic heterocycles. The van der Waals surface area contributed by atoms with Gasteiger partial charge < -0.3 is 5.32 Å². The maximum absolute atomic E-state index is 11.2. The predicted octanol–water partition coefficient (Wildman–Crippen LogP) is 2.79. The number of rotatable bonds is 5. The quantitative estimate of drug-likeness (QED) is 0.572. The fourth-order valence-corrected chi connectivity index (χ4v) is 2.15. The second-order valence-corrected chi connectivity index (χ2v) is 4.51. The van der Waals surface area contributed by atoms with E-state index in [0.29, 0.717) is 17.7 Å². The highest BCUT2D eigenvalue weighted by Crippen LogP contribution is 2.31. The van der Waals surface area contributed by atoms with Crippen molar-refractivity contribution >= 4 is 22.4 Å².